The van der Waals surface area contributed by atoms with Crippen LogP contribution in [0.25, 0.3) is 0 Å². The highest BCUT2D eigenvalue weighted by molar-refractivity contribution is 5.95. The zero-order chi connectivity index (χ0) is 32.4. The van der Waals surface area contributed by atoms with E-state index in [1.165, 1.54) is 17.0 Å². The van der Waals surface area contributed by atoms with Gasteiger partial charge < -0.3 is 15.1 Å². The number of piperidine rings is 1. The summed E-state index contributed by atoms with van der Waals surface area (Å²) in [4.78, 5) is 18.6. The van der Waals surface area contributed by atoms with Gasteiger partial charge in [0.25, 0.3) is 5.91 Å². The van der Waals surface area contributed by atoms with E-state index >= 15 is 0 Å². The average Bonchev–Trinajstić information content (AvgIpc) is 2.94. The van der Waals surface area contributed by atoms with Gasteiger partial charge in [-0.05, 0) is 61.7 Å². The first-order valence-electron chi connectivity index (χ1n) is 14.0. The number of nitrogens with zero attached hydrogens (tertiary/aromatic N) is 3. The number of aliphatic hydroxyl groups excluding tert-OH is 1. The number of aliphatic hydroxyl groups is 2. The van der Waals surface area contributed by atoms with Crippen LogP contribution in [0.4, 0.5) is 39.5 Å². The molecule has 0 saturated carbocycles. The Bertz CT molecular complexity index is 1260. The topological polar surface area (TPSA) is 67.3 Å². The lowest BCUT2D eigenvalue weighted by Gasteiger charge is -2.43. The molecule has 0 aromatic heterocycles. The summed E-state index contributed by atoms with van der Waals surface area (Å²) in [7, 11) is 0. The van der Waals surface area contributed by atoms with Gasteiger partial charge in [0.15, 0.2) is 6.29 Å². The summed E-state index contributed by atoms with van der Waals surface area (Å²) in [6.45, 7) is 1.78. The fraction of sp³-hybridized carbons (Fsp3) is 0.552. The molecule has 2 saturated heterocycles. The normalized spacial score (nSPS) is 20.3. The lowest BCUT2D eigenvalue weighted by molar-refractivity contribution is -0.143. The van der Waals surface area contributed by atoms with E-state index in [1.54, 1.807) is 0 Å². The highest BCUT2D eigenvalue weighted by atomic mass is 35.5. The molecular formula is C29H34Cl2F9N3O3. The van der Waals surface area contributed by atoms with E-state index in [1.807, 2.05) is 9.80 Å². The minimum Gasteiger partial charge on any atom is -0.367 e. The van der Waals surface area contributed by atoms with Crippen molar-refractivity contribution < 1.29 is 54.5 Å². The summed E-state index contributed by atoms with van der Waals surface area (Å²) in [5.74, 6) is -1.06. The fourth-order valence-electron chi connectivity index (χ4n) is 5.81. The SMILES string of the molecule is Cl.Cl.O=C(c1cc(C(F)(F)F)cc(C(F)(F)F)c1)N1CCN(CCN2CCCCC2C(O)O)C[C@H]1Cc1ccc(C(F)(F)F)cc1. The summed E-state index contributed by atoms with van der Waals surface area (Å²) in [5.41, 5.74) is -4.56. The van der Waals surface area contributed by atoms with Crippen molar-refractivity contribution in [2.24, 2.45) is 0 Å². The summed E-state index contributed by atoms with van der Waals surface area (Å²) in [5, 5.41) is 19.5. The van der Waals surface area contributed by atoms with Crippen LogP contribution in [0.15, 0.2) is 42.5 Å². The first-order chi connectivity index (χ1) is 20.4. The first kappa shape index (κ1) is 39.9. The van der Waals surface area contributed by atoms with Gasteiger partial charge in [0.2, 0.25) is 0 Å². The van der Waals surface area contributed by atoms with Crippen molar-refractivity contribution in [3.05, 3.63) is 70.3 Å². The third-order valence-corrected chi connectivity index (χ3v) is 8.13. The minimum atomic E-state index is -5.15. The number of hydrogen-bond acceptors (Lipinski definition) is 5. The van der Waals surface area contributed by atoms with E-state index in [9.17, 15) is 54.5 Å². The van der Waals surface area contributed by atoms with E-state index in [-0.39, 0.29) is 56.9 Å². The predicted octanol–water partition coefficient (Wildman–Crippen LogP) is 6.12. The van der Waals surface area contributed by atoms with E-state index in [0.717, 1.165) is 25.0 Å². The molecule has 6 nitrogen and oxygen atoms in total. The summed E-state index contributed by atoms with van der Waals surface area (Å²) >= 11 is 0. The van der Waals surface area contributed by atoms with Crippen LogP contribution in [-0.4, -0.2) is 88.5 Å². The van der Waals surface area contributed by atoms with Crippen molar-refractivity contribution in [2.45, 2.75) is 62.6 Å². The van der Waals surface area contributed by atoms with Crippen LogP contribution in [0.1, 0.15) is 51.9 Å². The molecule has 0 aliphatic carbocycles. The molecule has 260 valence electrons. The maximum atomic E-state index is 13.5. The summed E-state index contributed by atoms with van der Waals surface area (Å²) in [6.07, 6.45) is -14.1. The fourth-order valence-corrected chi connectivity index (χ4v) is 5.81. The van der Waals surface area contributed by atoms with Crippen LogP contribution >= 0.6 is 24.8 Å². The Kier molecular flexibility index (Phi) is 13.6. The Labute approximate surface area is 272 Å². The van der Waals surface area contributed by atoms with Gasteiger partial charge in [0.1, 0.15) is 0 Å². The first-order valence-corrected chi connectivity index (χ1v) is 14.0. The number of benzene rings is 2. The zero-order valence-electron chi connectivity index (χ0n) is 24.2. The molecule has 0 radical (unpaired) electrons. The van der Waals surface area contributed by atoms with Crippen LogP contribution in [0.3, 0.4) is 0 Å². The molecule has 4 rings (SSSR count). The van der Waals surface area contributed by atoms with Crippen molar-refractivity contribution in [2.75, 3.05) is 39.3 Å². The highest BCUT2D eigenvalue weighted by Gasteiger charge is 2.39. The number of hydrogen-bond donors (Lipinski definition) is 2. The lowest BCUT2D eigenvalue weighted by Crippen LogP contribution is -2.57. The van der Waals surface area contributed by atoms with Crippen LogP contribution in [-0.2, 0) is 24.9 Å². The molecule has 2 atom stereocenters. The average molecular weight is 714 g/mol. The standard InChI is InChI=1S/C29H32F9N3O3.2ClH/c30-27(31,32)20-6-4-18(5-7-20)13-23-17-39(9-11-40-8-2-1-3-24(40)26(43)44)10-12-41(23)25(42)19-14-21(28(33,34)35)16-22(15-19)29(36,37)38;;/h4-7,14-16,23-24,26,43-44H,1-3,8-13,17H2;2*1H/t23-,24?;;/m1../s1. The second kappa shape index (κ2) is 15.7. The number of alkyl halides is 9. The molecule has 2 aromatic rings. The second-order valence-electron chi connectivity index (χ2n) is 11.2. The molecule has 1 amide bonds. The van der Waals surface area contributed by atoms with Gasteiger partial charge in [0, 0.05) is 44.3 Å². The van der Waals surface area contributed by atoms with Crippen LogP contribution < -0.4 is 0 Å². The van der Waals surface area contributed by atoms with E-state index in [4.69, 9.17) is 0 Å². The summed E-state index contributed by atoms with van der Waals surface area (Å²) < 4.78 is 120. The van der Waals surface area contributed by atoms with Crippen LogP contribution in [0.2, 0.25) is 0 Å². The number of piperazine rings is 1. The second-order valence-corrected chi connectivity index (χ2v) is 11.2. The van der Waals surface area contributed by atoms with Crippen molar-refractivity contribution in [3.63, 3.8) is 0 Å². The van der Waals surface area contributed by atoms with Gasteiger partial charge in [-0.15, -0.1) is 24.8 Å². The Morgan fingerprint density at radius 3 is 1.85 bits per heavy atom. The molecule has 2 aromatic carbocycles. The lowest BCUT2D eigenvalue weighted by atomic mass is 9.98. The van der Waals surface area contributed by atoms with E-state index < -0.39 is 65.1 Å². The Balaban J connectivity index is 0.00000368. The molecule has 17 heteroatoms. The van der Waals surface area contributed by atoms with Crippen LogP contribution in [0, 0.1) is 0 Å². The third kappa shape index (κ3) is 10.1. The Morgan fingerprint density at radius 2 is 1.33 bits per heavy atom. The molecular weight excluding hydrogens is 680 g/mol. The number of carbonyl (C=O) groups is 1. The molecule has 1 unspecified atom stereocenters. The monoisotopic (exact) mass is 713 g/mol. The van der Waals surface area contributed by atoms with Gasteiger partial charge >= 0.3 is 18.5 Å². The Hall–Kier alpha value is -2.30. The van der Waals surface area contributed by atoms with E-state index in [0.29, 0.717) is 43.8 Å². The molecule has 0 bridgehead atoms. The molecule has 2 heterocycles. The van der Waals surface area contributed by atoms with Gasteiger partial charge in [-0.3, -0.25) is 14.6 Å². The molecule has 46 heavy (non-hydrogen) atoms. The number of carbonyl (C=O) groups excluding carboxylic acids is 1. The number of halogens is 11. The number of amides is 1. The van der Waals surface area contributed by atoms with Gasteiger partial charge in [-0.1, -0.05) is 18.6 Å². The van der Waals surface area contributed by atoms with Crippen molar-refractivity contribution in [1.29, 1.82) is 0 Å². The maximum absolute atomic E-state index is 13.5. The van der Waals surface area contributed by atoms with E-state index in [2.05, 4.69) is 0 Å². The molecule has 0 spiro atoms. The minimum absolute atomic E-state index is 0. The van der Waals surface area contributed by atoms with Crippen molar-refractivity contribution in [3.8, 4) is 0 Å². The quantitative estimate of drug-likeness (QED) is 0.268. The predicted molar refractivity (Wildman–Crippen MR) is 155 cm³/mol. The third-order valence-electron chi connectivity index (χ3n) is 8.13. The number of likely N-dealkylation sites (tertiary alicyclic amines) is 1. The highest BCUT2D eigenvalue weighted by Crippen LogP contribution is 2.37. The van der Waals surface area contributed by atoms with Crippen molar-refractivity contribution in [1.82, 2.24) is 14.7 Å². The number of rotatable bonds is 7. The molecule has 2 N–H and O–H groups in total. The van der Waals surface area contributed by atoms with Gasteiger partial charge in [-0.2, -0.15) is 39.5 Å². The largest absolute Gasteiger partial charge is 0.416 e. The van der Waals surface area contributed by atoms with Gasteiger partial charge in [-0.25, -0.2) is 0 Å². The Morgan fingerprint density at radius 1 is 0.761 bits per heavy atom. The molecule has 2 aliphatic rings. The smallest absolute Gasteiger partial charge is 0.367 e. The summed E-state index contributed by atoms with van der Waals surface area (Å²) in [6, 6.07) is 3.59. The van der Waals surface area contributed by atoms with Crippen LogP contribution in [0.5, 0.6) is 0 Å². The zero-order valence-corrected chi connectivity index (χ0v) is 25.8. The maximum Gasteiger partial charge on any atom is 0.416 e. The molecule has 2 fully saturated rings. The molecule has 2 aliphatic heterocycles. The van der Waals surface area contributed by atoms with Crippen molar-refractivity contribution >= 4 is 30.7 Å². The van der Waals surface area contributed by atoms with Gasteiger partial charge in [0.05, 0.1) is 22.7 Å².